The van der Waals surface area contributed by atoms with Crippen molar-refractivity contribution in [2.75, 3.05) is 0 Å². The topological polar surface area (TPSA) is 73.8 Å². The molecule has 0 aliphatic carbocycles. The Hall–Kier alpha value is -3.68. The average molecular weight is 352 g/mol. The van der Waals surface area contributed by atoms with Crippen LogP contribution in [0.25, 0.3) is 28.7 Å². The van der Waals surface area contributed by atoms with Gasteiger partial charge in [-0.3, -0.25) is 4.79 Å². The molecule has 0 atom stereocenters. The van der Waals surface area contributed by atoms with Gasteiger partial charge in [0.2, 0.25) is 11.3 Å². The third-order valence-corrected chi connectivity index (χ3v) is 3.62. The molecular weight excluding hydrogens is 342 g/mol. The van der Waals surface area contributed by atoms with Crippen LogP contribution in [0.15, 0.2) is 70.1 Å². The number of aromatic nitrogens is 4. The van der Waals surface area contributed by atoms with Crippen LogP contribution in [0.4, 0.5) is 8.78 Å². The molecule has 0 bridgehead atoms. The van der Waals surface area contributed by atoms with Gasteiger partial charge in [-0.25, -0.2) is 13.5 Å². The van der Waals surface area contributed by atoms with Crippen molar-refractivity contribution in [2.45, 2.75) is 0 Å². The van der Waals surface area contributed by atoms with Crippen LogP contribution in [-0.2, 0) is 0 Å². The van der Waals surface area contributed by atoms with Crippen molar-refractivity contribution in [3.05, 3.63) is 82.7 Å². The zero-order valence-electron chi connectivity index (χ0n) is 13.1. The minimum Gasteiger partial charge on any atom is -0.332 e. The van der Waals surface area contributed by atoms with Gasteiger partial charge in [-0.05, 0) is 30.3 Å². The molecule has 4 aromatic rings. The highest BCUT2D eigenvalue weighted by atomic mass is 19.1. The standard InChI is InChI=1S/C18H10F2N4O2/c19-11-4-3-5-12(10-11)24-9-8-15(25)16(22-24)18-21-17(23-26-18)13-6-1-2-7-14(13)20/h1-10H. The number of halogens is 2. The third-order valence-electron chi connectivity index (χ3n) is 3.62. The Morgan fingerprint density at radius 3 is 2.65 bits per heavy atom. The molecule has 4 rings (SSSR count). The van der Waals surface area contributed by atoms with Crippen molar-refractivity contribution < 1.29 is 13.3 Å². The van der Waals surface area contributed by atoms with Gasteiger partial charge in [0.05, 0.1) is 11.3 Å². The van der Waals surface area contributed by atoms with Crippen molar-refractivity contribution in [1.82, 2.24) is 19.9 Å². The molecule has 0 spiro atoms. The molecule has 2 heterocycles. The highest BCUT2D eigenvalue weighted by Gasteiger charge is 2.17. The molecule has 0 aliphatic heterocycles. The van der Waals surface area contributed by atoms with Crippen LogP contribution in [-0.4, -0.2) is 19.9 Å². The molecule has 2 aromatic heterocycles. The fourth-order valence-electron chi connectivity index (χ4n) is 2.39. The second kappa shape index (κ2) is 6.32. The molecule has 26 heavy (non-hydrogen) atoms. The fraction of sp³-hybridized carbons (Fsp3) is 0. The molecule has 128 valence electrons. The Morgan fingerprint density at radius 1 is 1.00 bits per heavy atom. The van der Waals surface area contributed by atoms with Gasteiger partial charge < -0.3 is 4.52 Å². The van der Waals surface area contributed by atoms with Crippen molar-refractivity contribution in [1.29, 1.82) is 0 Å². The van der Waals surface area contributed by atoms with Crippen LogP contribution < -0.4 is 5.43 Å². The van der Waals surface area contributed by atoms with Gasteiger partial charge in [0.1, 0.15) is 11.6 Å². The van der Waals surface area contributed by atoms with Gasteiger partial charge >= 0.3 is 0 Å². The van der Waals surface area contributed by atoms with Crippen LogP contribution in [0.2, 0.25) is 0 Å². The first-order valence-corrected chi connectivity index (χ1v) is 7.57. The molecule has 6 nitrogen and oxygen atoms in total. The van der Waals surface area contributed by atoms with Crippen molar-refractivity contribution in [2.24, 2.45) is 0 Å². The third kappa shape index (κ3) is 2.88. The summed E-state index contributed by atoms with van der Waals surface area (Å²) in [4.78, 5) is 16.2. The Bertz CT molecular complexity index is 1150. The van der Waals surface area contributed by atoms with E-state index in [1.165, 1.54) is 53.3 Å². The van der Waals surface area contributed by atoms with E-state index >= 15 is 0 Å². The van der Waals surface area contributed by atoms with Crippen molar-refractivity contribution in [3.63, 3.8) is 0 Å². The summed E-state index contributed by atoms with van der Waals surface area (Å²) in [7, 11) is 0. The number of rotatable bonds is 3. The fourth-order valence-corrected chi connectivity index (χ4v) is 2.39. The van der Waals surface area contributed by atoms with Gasteiger partial charge in [-0.15, -0.1) is 0 Å². The van der Waals surface area contributed by atoms with Crippen molar-refractivity contribution in [3.8, 4) is 28.7 Å². The van der Waals surface area contributed by atoms with Gasteiger partial charge in [0.15, 0.2) is 5.69 Å². The predicted octanol–water partition coefficient (Wildman–Crippen LogP) is 3.23. The second-order valence-corrected chi connectivity index (χ2v) is 5.36. The first-order chi connectivity index (χ1) is 12.6. The van der Waals surface area contributed by atoms with E-state index in [1.807, 2.05) is 0 Å². The Kier molecular flexibility index (Phi) is 3.85. The number of nitrogens with zero attached hydrogens (tertiary/aromatic N) is 4. The van der Waals surface area contributed by atoms with Crippen LogP contribution >= 0.6 is 0 Å². The zero-order chi connectivity index (χ0) is 18.1. The summed E-state index contributed by atoms with van der Waals surface area (Å²) in [5.74, 6) is -1.11. The smallest absolute Gasteiger partial charge is 0.282 e. The minimum atomic E-state index is -0.516. The van der Waals surface area contributed by atoms with Crippen molar-refractivity contribution >= 4 is 0 Å². The molecule has 8 heteroatoms. The van der Waals surface area contributed by atoms with Crippen LogP contribution in [0.1, 0.15) is 0 Å². The Balaban J connectivity index is 1.78. The summed E-state index contributed by atoms with van der Waals surface area (Å²) in [6.45, 7) is 0. The van der Waals surface area contributed by atoms with E-state index in [1.54, 1.807) is 12.1 Å². The van der Waals surface area contributed by atoms with E-state index in [4.69, 9.17) is 4.52 Å². The maximum atomic E-state index is 13.9. The number of benzene rings is 2. The van der Waals surface area contributed by atoms with E-state index in [0.717, 1.165) is 0 Å². The zero-order valence-corrected chi connectivity index (χ0v) is 13.1. The summed E-state index contributed by atoms with van der Waals surface area (Å²) in [5, 5.41) is 7.84. The molecule has 0 saturated carbocycles. The molecule has 0 unspecified atom stereocenters. The van der Waals surface area contributed by atoms with Crippen LogP contribution in [0.5, 0.6) is 0 Å². The van der Waals surface area contributed by atoms with Gasteiger partial charge in [-0.2, -0.15) is 10.1 Å². The first kappa shape index (κ1) is 15.8. The summed E-state index contributed by atoms with van der Waals surface area (Å²) in [6, 6.07) is 12.9. The van der Waals surface area contributed by atoms with Gasteiger partial charge in [0, 0.05) is 12.3 Å². The lowest BCUT2D eigenvalue weighted by atomic mass is 10.2. The SMILES string of the molecule is O=c1ccn(-c2cccc(F)c2)nc1-c1nc(-c2ccccc2F)no1. The minimum absolute atomic E-state index is 0.000425. The molecule has 0 amide bonds. The summed E-state index contributed by atoms with van der Waals surface area (Å²) < 4.78 is 33.6. The normalized spacial score (nSPS) is 10.8. The maximum Gasteiger partial charge on any atom is 0.282 e. The van der Waals surface area contributed by atoms with Crippen LogP contribution in [0, 0.1) is 11.6 Å². The molecule has 0 fully saturated rings. The maximum absolute atomic E-state index is 13.9. The first-order valence-electron chi connectivity index (χ1n) is 7.57. The molecule has 0 radical (unpaired) electrons. The van der Waals surface area contributed by atoms with E-state index in [9.17, 15) is 13.6 Å². The van der Waals surface area contributed by atoms with E-state index in [2.05, 4.69) is 15.2 Å². The summed E-state index contributed by atoms with van der Waals surface area (Å²) >= 11 is 0. The van der Waals surface area contributed by atoms with E-state index in [0.29, 0.717) is 5.69 Å². The van der Waals surface area contributed by atoms with Gasteiger partial charge in [0.25, 0.3) is 5.89 Å². The highest BCUT2D eigenvalue weighted by molar-refractivity contribution is 5.58. The molecule has 0 N–H and O–H groups in total. The number of hydrogen-bond donors (Lipinski definition) is 0. The predicted molar refractivity (Wildman–Crippen MR) is 88.5 cm³/mol. The summed E-state index contributed by atoms with van der Waals surface area (Å²) in [6.07, 6.45) is 1.40. The van der Waals surface area contributed by atoms with Gasteiger partial charge in [-0.1, -0.05) is 23.4 Å². The molecule has 0 aliphatic rings. The lowest BCUT2D eigenvalue weighted by Crippen LogP contribution is -2.12. The van der Waals surface area contributed by atoms with Crippen LogP contribution in [0.3, 0.4) is 0 Å². The molecule has 2 aromatic carbocycles. The largest absolute Gasteiger partial charge is 0.332 e. The van der Waals surface area contributed by atoms with E-state index in [-0.39, 0.29) is 23.0 Å². The Morgan fingerprint density at radius 2 is 1.85 bits per heavy atom. The average Bonchev–Trinajstić information content (AvgIpc) is 3.12. The molecular formula is C18H10F2N4O2. The van der Waals surface area contributed by atoms with E-state index < -0.39 is 17.1 Å². The quantitative estimate of drug-likeness (QED) is 0.566. The Labute approximate surface area is 145 Å². The lowest BCUT2D eigenvalue weighted by Gasteiger charge is -2.05. The summed E-state index contributed by atoms with van der Waals surface area (Å²) in [5.41, 5.74) is -0.0165. The lowest BCUT2D eigenvalue weighted by molar-refractivity contribution is 0.429. The number of hydrogen-bond acceptors (Lipinski definition) is 5. The highest BCUT2D eigenvalue weighted by Crippen LogP contribution is 2.22. The monoisotopic (exact) mass is 352 g/mol. The molecule has 0 saturated heterocycles. The second-order valence-electron chi connectivity index (χ2n) is 5.36.